The molecule has 6 heteroatoms. The minimum Gasteiger partial charge on any atom is -0.412 e. The molecule has 0 aromatic heterocycles. The van der Waals surface area contributed by atoms with E-state index in [0.29, 0.717) is 0 Å². The molecule has 0 aliphatic rings. The van der Waals surface area contributed by atoms with Crippen LogP contribution in [-0.2, 0) is 0 Å². The predicted octanol–water partition coefficient (Wildman–Crippen LogP) is -4.77. The van der Waals surface area contributed by atoms with Gasteiger partial charge in [0.25, 0.3) is 0 Å². The van der Waals surface area contributed by atoms with Crippen LogP contribution in [0, 0.1) is 10.8 Å². The SMILES string of the molecule is O.[Ba+2].[O-][Cl+2]([O-])[O-]. The number of rotatable bonds is 0. The van der Waals surface area contributed by atoms with Crippen molar-refractivity contribution in [3.8, 4) is 0 Å². The van der Waals surface area contributed by atoms with Crippen molar-refractivity contribution in [1.29, 1.82) is 0 Å². The Kier molecular flexibility index (Phi) is 25.7. The first kappa shape index (κ1) is 15.6. The predicted molar refractivity (Wildman–Crippen MR) is 9.37 cm³/mol. The topological polar surface area (TPSA) is 101 Å². The van der Waals surface area contributed by atoms with Crippen LogP contribution in [0.25, 0.3) is 0 Å². The molecule has 6 heavy (non-hydrogen) atoms. The molecule has 0 unspecified atom stereocenters. The molecule has 0 rings (SSSR count). The summed E-state index contributed by atoms with van der Waals surface area (Å²) < 4.78 is 25.2. The van der Waals surface area contributed by atoms with E-state index in [1.165, 1.54) is 0 Å². The third-order valence-electron chi connectivity index (χ3n) is 0. The normalized spacial score (nSPS) is 6.00. The van der Waals surface area contributed by atoms with E-state index in [4.69, 9.17) is 14.0 Å². The molecule has 0 atom stereocenters. The van der Waals surface area contributed by atoms with Crippen molar-refractivity contribution in [2.75, 3.05) is 0 Å². The Morgan fingerprint density at radius 1 is 1.00 bits per heavy atom. The Labute approximate surface area is 77.9 Å². The number of halogens is 1. The Hall–Kier alpha value is 1.70. The molecule has 2 N–H and O–H groups in total. The Morgan fingerprint density at radius 2 is 1.00 bits per heavy atom. The van der Waals surface area contributed by atoms with Crippen LogP contribution in [0.15, 0.2) is 0 Å². The third-order valence-corrected chi connectivity index (χ3v) is 0. The van der Waals surface area contributed by atoms with Gasteiger partial charge in [0.1, 0.15) is 0 Å². The van der Waals surface area contributed by atoms with Crippen molar-refractivity contribution in [2.24, 2.45) is 0 Å². The minimum absolute atomic E-state index is 0. The molecule has 0 aliphatic carbocycles. The maximum absolute atomic E-state index is 8.41. The Morgan fingerprint density at radius 3 is 1.00 bits per heavy atom. The monoisotopic (exact) mass is 239 g/mol. The van der Waals surface area contributed by atoms with Crippen molar-refractivity contribution in [3.05, 3.63) is 0 Å². The second kappa shape index (κ2) is 9.86. The summed E-state index contributed by atoms with van der Waals surface area (Å²) in [6.45, 7) is 0. The van der Waals surface area contributed by atoms with Gasteiger partial charge in [-0.15, -0.1) is 0 Å². The summed E-state index contributed by atoms with van der Waals surface area (Å²) in [6, 6.07) is 0. The van der Waals surface area contributed by atoms with Gasteiger partial charge >= 0.3 is 48.9 Å². The fraction of sp³-hybridized carbons (Fsp3) is 0. The quantitative estimate of drug-likeness (QED) is 0.396. The van der Waals surface area contributed by atoms with Crippen LogP contribution in [0.4, 0.5) is 0 Å². The molecule has 4 nitrogen and oxygen atoms in total. The molecule has 0 heterocycles. The summed E-state index contributed by atoms with van der Waals surface area (Å²) in [7, 11) is -2.85. The van der Waals surface area contributed by atoms with E-state index in [1.807, 2.05) is 0 Å². The third kappa shape index (κ3) is 43.5. The van der Waals surface area contributed by atoms with E-state index in [0.717, 1.165) is 0 Å². The van der Waals surface area contributed by atoms with E-state index < -0.39 is 10.8 Å². The molecule has 0 saturated carbocycles. The van der Waals surface area contributed by atoms with Crippen LogP contribution in [0.1, 0.15) is 0 Å². The van der Waals surface area contributed by atoms with Crippen molar-refractivity contribution in [2.45, 2.75) is 0 Å². The van der Waals surface area contributed by atoms with Crippen molar-refractivity contribution >= 4 is 48.9 Å². The van der Waals surface area contributed by atoms with Crippen LogP contribution in [0.2, 0.25) is 0 Å². The second-order valence-electron chi connectivity index (χ2n) is 0.189. The zero-order valence-electron chi connectivity index (χ0n) is 2.81. The zero-order chi connectivity index (χ0) is 3.58. The van der Waals surface area contributed by atoms with Gasteiger partial charge < -0.3 is 19.5 Å². The fourth-order valence-electron chi connectivity index (χ4n) is 0. The van der Waals surface area contributed by atoms with Crippen molar-refractivity contribution in [3.63, 3.8) is 0 Å². The average Bonchev–Trinajstić information content (AvgIpc) is 0.811. The molecule has 0 bridgehead atoms. The molecule has 0 amide bonds. The molecular weight excluding hydrogens is 237 g/mol. The van der Waals surface area contributed by atoms with E-state index in [2.05, 4.69) is 0 Å². The molecule has 0 spiro atoms. The van der Waals surface area contributed by atoms with Gasteiger partial charge in [0, 0.05) is 0 Å². The Bertz CT molecular complexity index is 12.3. The maximum atomic E-state index is 8.41. The summed E-state index contributed by atoms with van der Waals surface area (Å²) in [6.07, 6.45) is 0. The minimum atomic E-state index is -2.85. The summed E-state index contributed by atoms with van der Waals surface area (Å²) >= 11 is 0. The van der Waals surface area contributed by atoms with Crippen LogP contribution < -0.4 is 14.0 Å². The molecule has 0 aromatic rings. The Balaban J connectivity index is -0.0000000450. The van der Waals surface area contributed by atoms with Crippen LogP contribution >= 0.6 is 0 Å². The summed E-state index contributed by atoms with van der Waals surface area (Å²) in [5.41, 5.74) is 0. The van der Waals surface area contributed by atoms with Gasteiger partial charge in [-0.25, -0.2) is 0 Å². The first-order chi connectivity index (χ1) is 1.73. The van der Waals surface area contributed by atoms with E-state index in [-0.39, 0.29) is 54.4 Å². The largest absolute Gasteiger partial charge is 2.00 e. The standard InChI is InChI=1S/Ba.ClO3.H2O/c;2-1(3)4;/h;;1H2/q+2;-1;. The molecule has 0 fully saturated rings. The smallest absolute Gasteiger partial charge is 0.412 e. The molecule has 0 aromatic carbocycles. The van der Waals surface area contributed by atoms with E-state index in [9.17, 15) is 0 Å². The molecule has 0 aliphatic heterocycles. The first-order valence-corrected chi connectivity index (χ1v) is 1.39. The summed E-state index contributed by atoms with van der Waals surface area (Å²) in [5, 5.41) is 0. The van der Waals surface area contributed by atoms with Gasteiger partial charge in [0.2, 0.25) is 0 Å². The van der Waals surface area contributed by atoms with Gasteiger partial charge in [0.05, 0.1) is 10.8 Å². The van der Waals surface area contributed by atoms with E-state index >= 15 is 0 Å². The molecule has 0 saturated heterocycles. The van der Waals surface area contributed by atoms with Crippen molar-refractivity contribution in [1.82, 2.24) is 0 Å². The summed E-state index contributed by atoms with van der Waals surface area (Å²) in [4.78, 5) is 0. The van der Waals surface area contributed by atoms with Gasteiger partial charge in [-0.2, -0.15) is 0 Å². The van der Waals surface area contributed by atoms with Gasteiger partial charge in [-0.05, 0) is 0 Å². The van der Waals surface area contributed by atoms with Gasteiger partial charge in [-0.1, -0.05) is 0 Å². The van der Waals surface area contributed by atoms with E-state index in [1.54, 1.807) is 0 Å². The number of hydrogen-bond donors (Lipinski definition) is 0. The molecule has 34 valence electrons. The van der Waals surface area contributed by atoms with Crippen molar-refractivity contribution < 1.29 is 30.2 Å². The van der Waals surface area contributed by atoms with Crippen LogP contribution in [-0.4, -0.2) is 54.4 Å². The van der Waals surface area contributed by atoms with Crippen LogP contribution in [0.5, 0.6) is 0 Å². The maximum Gasteiger partial charge on any atom is 2.00 e. The van der Waals surface area contributed by atoms with Gasteiger partial charge in [0.15, 0.2) is 0 Å². The second-order valence-corrected chi connectivity index (χ2v) is 0.567. The van der Waals surface area contributed by atoms with Crippen LogP contribution in [0.3, 0.4) is 0 Å². The summed E-state index contributed by atoms with van der Waals surface area (Å²) in [5.74, 6) is 0. The first-order valence-electron chi connectivity index (χ1n) is 0.463. The molecular formula is H2BaClO4+. The zero-order valence-corrected chi connectivity index (χ0v) is 8.01. The van der Waals surface area contributed by atoms with Gasteiger partial charge in [-0.3, -0.25) is 0 Å². The molecule has 0 radical (unpaired) electrons. The number of hydrogen-bond acceptors (Lipinski definition) is 3. The average molecular weight is 239 g/mol. The fourth-order valence-corrected chi connectivity index (χ4v) is 0.